The van der Waals surface area contributed by atoms with E-state index in [1.54, 1.807) is 11.0 Å². The summed E-state index contributed by atoms with van der Waals surface area (Å²) in [6, 6.07) is 5.95. The number of benzene rings is 1. The molecule has 23 heavy (non-hydrogen) atoms. The Balaban J connectivity index is 1.75. The number of rotatable bonds is 4. The predicted octanol–water partition coefficient (Wildman–Crippen LogP) is 3.94. The molecule has 1 aromatic heterocycles. The summed E-state index contributed by atoms with van der Waals surface area (Å²) < 4.78 is 18.5. The van der Waals surface area contributed by atoms with Crippen LogP contribution in [0.3, 0.4) is 0 Å². The molecular weight excluding hydrogens is 319 g/mol. The maximum absolute atomic E-state index is 13.1. The number of aryl methyl sites for hydroxylation is 1. The third kappa shape index (κ3) is 3.39. The molecule has 2 heterocycles. The lowest BCUT2D eigenvalue weighted by atomic mass is 10.1. The molecule has 1 atom stereocenters. The zero-order valence-electron chi connectivity index (χ0n) is 12.9. The number of carbonyl (C=O) groups excluding carboxylic acids is 1. The molecule has 1 aliphatic heterocycles. The van der Waals surface area contributed by atoms with Gasteiger partial charge in [0.05, 0.1) is 18.2 Å². The lowest BCUT2D eigenvalue weighted by Gasteiger charge is -2.23. The van der Waals surface area contributed by atoms with Crippen molar-refractivity contribution in [3.8, 4) is 0 Å². The van der Waals surface area contributed by atoms with Gasteiger partial charge in [0.25, 0.3) is 0 Å². The van der Waals surface area contributed by atoms with Crippen LogP contribution in [0.25, 0.3) is 0 Å². The van der Waals surface area contributed by atoms with E-state index in [2.05, 4.69) is 5.16 Å². The molecule has 0 spiro atoms. The average Bonchev–Trinajstić information content (AvgIpc) is 3.17. The van der Waals surface area contributed by atoms with Crippen LogP contribution in [0.15, 0.2) is 28.8 Å². The van der Waals surface area contributed by atoms with Crippen LogP contribution >= 0.6 is 11.6 Å². The van der Waals surface area contributed by atoms with Crippen molar-refractivity contribution in [1.82, 2.24) is 10.1 Å². The molecular formula is C17H18ClFN2O2. The summed E-state index contributed by atoms with van der Waals surface area (Å²) in [4.78, 5) is 14.4. The van der Waals surface area contributed by atoms with Gasteiger partial charge in [0.2, 0.25) is 5.91 Å². The minimum Gasteiger partial charge on any atom is -0.359 e. The van der Waals surface area contributed by atoms with Crippen LogP contribution in [0.4, 0.5) is 4.39 Å². The fraction of sp³-hybridized carbons (Fsp3) is 0.412. The van der Waals surface area contributed by atoms with E-state index in [-0.39, 0.29) is 23.4 Å². The summed E-state index contributed by atoms with van der Waals surface area (Å²) in [5.41, 5.74) is 1.52. The Morgan fingerprint density at radius 3 is 3.00 bits per heavy atom. The minimum atomic E-state index is -0.404. The summed E-state index contributed by atoms with van der Waals surface area (Å²) in [6.07, 6.45) is 2.75. The normalized spacial score (nSPS) is 17.7. The summed E-state index contributed by atoms with van der Waals surface area (Å²) in [7, 11) is 0. The van der Waals surface area contributed by atoms with Crippen LogP contribution in [0.5, 0.6) is 0 Å². The van der Waals surface area contributed by atoms with Gasteiger partial charge in [0, 0.05) is 17.6 Å². The molecule has 1 aromatic carbocycles. The van der Waals surface area contributed by atoms with Gasteiger partial charge in [-0.2, -0.15) is 0 Å². The van der Waals surface area contributed by atoms with Gasteiger partial charge in [-0.1, -0.05) is 29.7 Å². The monoisotopic (exact) mass is 336 g/mol. The van der Waals surface area contributed by atoms with Crippen molar-refractivity contribution in [1.29, 1.82) is 0 Å². The van der Waals surface area contributed by atoms with Gasteiger partial charge in [-0.25, -0.2) is 4.39 Å². The van der Waals surface area contributed by atoms with Crippen LogP contribution in [0, 0.1) is 5.82 Å². The van der Waals surface area contributed by atoms with Gasteiger partial charge >= 0.3 is 0 Å². The Kier molecular flexibility index (Phi) is 4.66. The Hall–Kier alpha value is -1.88. The van der Waals surface area contributed by atoms with Crippen molar-refractivity contribution in [3.63, 3.8) is 0 Å². The number of likely N-dealkylation sites (tertiary alicyclic amines) is 1. The topological polar surface area (TPSA) is 46.3 Å². The van der Waals surface area contributed by atoms with Crippen molar-refractivity contribution in [2.45, 2.75) is 38.6 Å². The van der Waals surface area contributed by atoms with E-state index in [9.17, 15) is 9.18 Å². The smallest absolute Gasteiger partial charge is 0.227 e. The van der Waals surface area contributed by atoms with E-state index in [1.807, 2.05) is 13.0 Å². The van der Waals surface area contributed by atoms with Gasteiger partial charge in [-0.3, -0.25) is 4.79 Å². The van der Waals surface area contributed by atoms with Crippen LogP contribution in [0.2, 0.25) is 5.02 Å². The summed E-state index contributed by atoms with van der Waals surface area (Å²) in [5, 5.41) is 4.28. The number of nitrogens with zero attached hydrogens (tertiary/aromatic N) is 2. The standard InChI is InChI=1S/C17H18ClFN2O2/c1-2-13-10-16(23-20-13)15-4-3-7-21(15)17(22)8-11-5-6-12(19)9-14(11)18/h5-6,9-10,15H,2-4,7-8H2,1H3/t15-/m0/s1. The predicted molar refractivity (Wildman–Crippen MR) is 84.7 cm³/mol. The van der Waals surface area contributed by atoms with E-state index >= 15 is 0 Å². The highest BCUT2D eigenvalue weighted by molar-refractivity contribution is 6.31. The molecule has 1 aliphatic rings. The molecule has 4 nitrogen and oxygen atoms in total. The van der Waals surface area contributed by atoms with E-state index in [4.69, 9.17) is 16.1 Å². The number of hydrogen-bond acceptors (Lipinski definition) is 3. The number of amides is 1. The minimum absolute atomic E-state index is 0.0320. The number of aromatic nitrogens is 1. The second-order valence-corrected chi connectivity index (χ2v) is 6.14. The highest BCUT2D eigenvalue weighted by Gasteiger charge is 2.32. The fourth-order valence-corrected chi connectivity index (χ4v) is 3.18. The van der Waals surface area contributed by atoms with Crippen molar-refractivity contribution in [2.24, 2.45) is 0 Å². The lowest BCUT2D eigenvalue weighted by molar-refractivity contribution is -0.131. The molecule has 0 unspecified atom stereocenters. The third-order valence-electron chi connectivity index (χ3n) is 4.20. The number of halogens is 2. The van der Waals surface area contributed by atoms with Crippen LogP contribution in [0.1, 0.15) is 42.8 Å². The molecule has 0 radical (unpaired) electrons. The first-order chi connectivity index (χ1) is 11.1. The SMILES string of the molecule is CCc1cc([C@@H]2CCCN2C(=O)Cc2ccc(F)cc2Cl)on1. The number of hydrogen-bond donors (Lipinski definition) is 0. The molecule has 1 amide bonds. The summed E-state index contributed by atoms with van der Waals surface area (Å²) in [5.74, 6) is 0.298. The first-order valence-corrected chi connectivity index (χ1v) is 8.15. The summed E-state index contributed by atoms with van der Waals surface area (Å²) >= 11 is 6.02. The molecule has 3 rings (SSSR count). The third-order valence-corrected chi connectivity index (χ3v) is 4.55. The van der Waals surface area contributed by atoms with Gasteiger partial charge in [-0.15, -0.1) is 0 Å². The van der Waals surface area contributed by atoms with Gasteiger partial charge in [0.1, 0.15) is 5.82 Å². The van der Waals surface area contributed by atoms with Crippen molar-refractivity contribution in [3.05, 3.63) is 52.1 Å². The molecule has 1 fully saturated rings. The second kappa shape index (κ2) is 6.71. The molecule has 6 heteroatoms. The molecule has 0 N–H and O–H groups in total. The van der Waals surface area contributed by atoms with Gasteiger partial charge in [-0.05, 0) is 37.0 Å². The largest absolute Gasteiger partial charge is 0.359 e. The van der Waals surface area contributed by atoms with Gasteiger partial charge < -0.3 is 9.42 Å². The van der Waals surface area contributed by atoms with Gasteiger partial charge in [0.15, 0.2) is 5.76 Å². The Morgan fingerprint density at radius 2 is 2.30 bits per heavy atom. The lowest BCUT2D eigenvalue weighted by Crippen LogP contribution is -2.31. The number of carbonyl (C=O) groups is 1. The van der Waals surface area contributed by atoms with Crippen LogP contribution < -0.4 is 0 Å². The van der Waals surface area contributed by atoms with Crippen molar-refractivity contribution < 1.29 is 13.7 Å². The van der Waals surface area contributed by atoms with E-state index < -0.39 is 5.82 Å². The Bertz CT molecular complexity index is 716. The van der Waals surface area contributed by atoms with E-state index in [0.717, 1.165) is 30.7 Å². The maximum Gasteiger partial charge on any atom is 0.227 e. The molecule has 0 aliphatic carbocycles. The molecule has 1 saturated heterocycles. The molecule has 122 valence electrons. The van der Waals surface area contributed by atoms with Crippen molar-refractivity contribution >= 4 is 17.5 Å². The quantitative estimate of drug-likeness (QED) is 0.849. The Labute approximate surface area is 139 Å². The maximum atomic E-state index is 13.1. The first-order valence-electron chi connectivity index (χ1n) is 7.77. The average molecular weight is 337 g/mol. The van der Waals surface area contributed by atoms with E-state index in [1.165, 1.54) is 12.1 Å². The zero-order chi connectivity index (χ0) is 16.4. The van der Waals surface area contributed by atoms with Crippen LogP contribution in [-0.4, -0.2) is 22.5 Å². The van der Waals surface area contributed by atoms with Crippen LogP contribution in [-0.2, 0) is 17.6 Å². The first kappa shape index (κ1) is 16.0. The van der Waals surface area contributed by atoms with Crippen molar-refractivity contribution in [2.75, 3.05) is 6.54 Å². The highest BCUT2D eigenvalue weighted by Crippen LogP contribution is 2.33. The zero-order valence-corrected chi connectivity index (χ0v) is 13.6. The summed E-state index contributed by atoms with van der Waals surface area (Å²) in [6.45, 7) is 2.69. The molecule has 0 saturated carbocycles. The van der Waals surface area contributed by atoms with E-state index in [0.29, 0.717) is 12.1 Å². The molecule has 0 bridgehead atoms. The Morgan fingerprint density at radius 1 is 1.48 bits per heavy atom. The molecule has 2 aromatic rings. The fourth-order valence-electron chi connectivity index (χ4n) is 2.94. The highest BCUT2D eigenvalue weighted by atomic mass is 35.5. The second-order valence-electron chi connectivity index (χ2n) is 5.73.